The number of imide groups is 1. The number of hydrogen-bond donors (Lipinski definition) is 1. The first-order valence-electron chi connectivity index (χ1n) is 10.3. The Kier molecular flexibility index (Phi) is 6.04. The van der Waals surface area contributed by atoms with E-state index in [0.717, 1.165) is 5.56 Å². The van der Waals surface area contributed by atoms with Crippen molar-refractivity contribution in [3.63, 3.8) is 0 Å². The number of nitrogens with zero attached hydrogens (tertiary/aromatic N) is 1. The number of anilines is 2. The van der Waals surface area contributed by atoms with E-state index in [9.17, 15) is 9.59 Å². The van der Waals surface area contributed by atoms with Gasteiger partial charge >= 0.3 is 0 Å². The van der Waals surface area contributed by atoms with Crippen LogP contribution in [0.25, 0.3) is 5.57 Å². The number of ether oxygens (including phenoxy) is 3. The van der Waals surface area contributed by atoms with Crippen LogP contribution >= 0.6 is 0 Å². The van der Waals surface area contributed by atoms with Crippen LogP contribution in [-0.4, -0.2) is 33.1 Å². The molecule has 0 saturated heterocycles. The Morgan fingerprint density at radius 1 is 0.758 bits per heavy atom. The topological polar surface area (TPSA) is 77.1 Å². The second-order valence-corrected chi connectivity index (χ2v) is 7.44. The van der Waals surface area contributed by atoms with Crippen LogP contribution in [0.5, 0.6) is 17.2 Å². The molecule has 3 aromatic rings. The number of carbonyl (C=O) groups excluding carboxylic acids is 2. The molecular formula is C26H24N2O5. The minimum Gasteiger partial charge on any atom is -0.493 e. The second-order valence-electron chi connectivity index (χ2n) is 7.44. The van der Waals surface area contributed by atoms with Crippen LogP contribution in [0.1, 0.15) is 11.1 Å². The molecule has 1 aliphatic heterocycles. The molecule has 3 aromatic carbocycles. The first-order chi connectivity index (χ1) is 16.0. The lowest BCUT2D eigenvalue weighted by Crippen LogP contribution is -2.32. The molecule has 0 aliphatic carbocycles. The number of nitrogens with one attached hydrogen (secondary N) is 1. The number of hydrogen-bond acceptors (Lipinski definition) is 6. The van der Waals surface area contributed by atoms with Crippen molar-refractivity contribution in [1.82, 2.24) is 0 Å². The Bertz CT molecular complexity index is 1210. The standard InChI is InChI=1S/C26H24N2O5/c1-16-10-12-19(13-11-16)28-25(29)22(17-8-6-5-7-9-17)23(26(28)30)27-18-14-20(31-2)24(33-4)21(15-18)32-3/h5-15,27H,1-4H3. The summed E-state index contributed by atoms with van der Waals surface area (Å²) >= 11 is 0. The van der Waals surface area contributed by atoms with Crippen LogP contribution < -0.4 is 24.4 Å². The summed E-state index contributed by atoms with van der Waals surface area (Å²) in [6, 6.07) is 19.7. The Morgan fingerprint density at radius 3 is 1.91 bits per heavy atom. The lowest BCUT2D eigenvalue weighted by Gasteiger charge is -2.17. The molecule has 0 fully saturated rings. The quantitative estimate of drug-likeness (QED) is 0.544. The predicted octanol–water partition coefficient (Wildman–Crippen LogP) is 4.42. The fourth-order valence-electron chi connectivity index (χ4n) is 3.74. The molecule has 0 bridgehead atoms. The number of aryl methyl sites for hydroxylation is 1. The summed E-state index contributed by atoms with van der Waals surface area (Å²) in [7, 11) is 4.54. The van der Waals surface area contributed by atoms with Gasteiger partial charge in [0.25, 0.3) is 11.8 Å². The molecule has 33 heavy (non-hydrogen) atoms. The summed E-state index contributed by atoms with van der Waals surface area (Å²) in [5.74, 6) is 0.432. The summed E-state index contributed by atoms with van der Waals surface area (Å²) in [6.45, 7) is 1.95. The highest BCUT2D eigenvalue weighted by molar-refractivity contribution is 6.46. The maximum Gasteiger partial charge on any atom is 0.282 e. The van der Waals surface area contributed by atoms with Crippen LogP contribution in [0, 0.1) is 6.92 Å². The van der Waals surface area contributed by atoms with Crippen molar-refractivity contribution in [3.8, 4) is 17.2 Å². The monoisotopic (exact) mass is 444 g/mol. The van der Waals surface area contributed by atoms with Crippen LogP contribution in [-0.2, 0) is 9.59 Å². The van der Waals surface area contributed by atoms with Gasteiger partial charge in [-0.3, -0.25) is 9.59 Å². The van der Waals surface area contributed by atoms with Crippen LogP contribution in [0.4, 0.5) is 11.4 Å². The van der Waals surface area contributed by atoms with E-state index in [1.54, 1.807) is 36.4 Å². The molecule has 2 amide bonds. The Labute approximate surface area is 192 Å². The molecule has 0 spiro atoms. The molecule has 1 N–H and O–H groups in total. The highest BCUT2D eigenvalue weighted by atomic mass is 16.5. The van der Waals surface area contributed by atoms with E-state index in [1.807, 2.05) is 37.3 Å². The Morgan fingerprint density at radius 2 is 1.36 bits per heavy atom. The van der Waals surface area contributed by atoms with E-state index < -0.39 is 11.8 Å². The molecule has 4 rings (SSSR count). The zero-order chi connectivity index (χ0) is 23.5. The fraction of sp³-hybridized carbons (Fsp3) is 0.154. The van der Waals surface area contributed by atoms with Gasteiger partial charge in [0, 0.05) is 17.8 Å². The van der Waals surface area contributed by atoms with Crippen molar-refractivity contribution >= 4 is 28.8 Å². The third-order valence-electron chi connectivity index (χ3n) is 5.37. The maximum absolute atomic E-state index is 13.5. The van der Waals surface area contributed by atoms with Gasteiger partial charge < -0.3 is 19.5 Å². The molecule has 0 radical (unpaired) electrons. The Balaban J connectivity index is 1.83. The number of methoxy groups -OCH3 is 3. The molecule has 0 saturated carbocycles. The van der Waals surface area contributed by atoms with Gasteiger partial charge in [-0.25, -0.2) is 4.90 Å². The first-order valence-corrected chi connectivity index (χ1v) is 10.3. The van der Waals surface area contributed by atoms with Gasteiger partial charge in [0.1, 0.15) is 5.70 Å². The van der Waals surface area contributed by atoms with E-state index in [-0.39, 0.29) is 11.3 Å². The van der Waals surface area contributed by atoms with Crippen LogP contribution in [0.15, 0.2) is 72.4 Å². The highest BCUT2D eigenvalue weighted by Gasteiger charge is 2.40. The molecule has 1 aliphatic rings. The third-order valence-corrected chi connectivity index (χ3v) is 5.37. The molecule has 7 nitrogen and oxygen atoms in total. The van der Waals surface area contributed by atoms with Gasteiger partial charge in [-0.05, 0) is 24.6 Å². The van der Waals surface area contributed by atoms with Crippen molar-refractivity contribution in [1.29, 1.82) is 0 Å². The molecule has 1 heterocycles. The highest BCUT2D eigenvalue weighted by Crippen LogP contribution is 2.41. The summed E-state index contributed by atoms with van der Waals surface area (Å²) in [5.41, 5.74) is 3.15. The zero-order valence-corrected chi connectivity index (χ0v) is 18.8. The summed E-state index contributed by atoms with van der Waals surface area (Å²) in [5, 5.41) is 3.13. The molecule has 0 aromatic heterocycles. The van der Waals surface area contributed by atoms with Crippen LogP contribution in [0.3, 0.4) is 0 Å². The normalized spacial score (nSPS) is 13.4. The summed E-state index contributed by atoms with van der Waals surface area (Å²) < 4.78 is 16.2. The van der Waals surface area contributed by atoms with E-state index in [2.05, 4.69) is 5.32 Å². The van der Waals surface area contributed by atoms with Gasteiger partial charge in [0.2, 0.25) is 5.75 Å². The average Bonchev–Trinajstić information content (AvgIpc) is 3.08. The number of carbonyl (C=O) groups is 2. The van der Waals surface area contributed by atoms with Gasteiger partial charge in [0.05, 0.1) is 32.6 Å². The first kappa shape index (κ1) is 22.0. The van der Waals surface area contributed by atoms with Crippen LogP contribution in [0.2, 0.25) is 0 Å². The molecular weight excluding hydrogens is 420 g/mol. The van der Waals surface area contributed by atoms with E-state index in [4.69, 9.17) is 14.2 Å². The second kappa shape index (κ2) is 9.08. The van der Waals surface area contributed by atoms with Gasteiger partial charge in [-0.1, -0.05) is 48.0 Å². The number of amides is 2. The number of benzene rings is 3. The average molecular weight is 444 g/mol. The zero-order valence-electron chi connectivity index (χ0n) is 18.8. The van der Waals surface area contributed by atoms with Crippen molar-refractivity contribution in [3.05, 3.63) is 83.6 Å². The molecule has 168 valence electrons. The van der Waals surface area contributed by atoms with E-state index >= 15 is 0 Å². The minimum atomic E-state index is -0.448. The molecule has 0 unspecified atom stereocenters. The molecule has 0 atom stereocenters. The summed E-state index contributed by atoms with van der Waals surface area (Å²) in [4.78, 5) is 28.2. The fourth-order valence-corrected chi connectivity index (χ4v) is 3.74. The van der Waals surface area contributed by atoms with E-state index in [1.165, 1.54) is 26.2 Å². The smallest absolute Gasteiger partial charge is 0.282 e. The van der Waals surface area contributed by atoms with Crippen molar-refractivity contribution in [2.45, 2.75) is 6.92 Å². The third kappa shape index (κ3) is 4.01. The van der Waals surface area contributed by atoms with Gasteiger partial charge in [0.15, 0.2) is 11.5 Å². The summed E-state index contributed by atoms with van der Waals surface area (Å²) in [6.07, 6.45) is 0. The SMILES string of the molecule is COc1cc(NC2=C(c3ccccc3)C(=O)N(c3ccc(C)cc3)C2=O)cc(OC)c1OC. The predicted molar refractivity (Wildman–Crippen MR) is 127 cm³/mol. The lowest BCUT2D eigenvalue weighted by atomic mass is 10.0. The van der Waals surface area contributed by atoms with Gasteiger partial charge in [-0.2, -0.15) is 0 Å². The maximum atomic E-state index is 13.5. The lowest BCUT2D eigenvalue weighted by molar-refractivity contribution is -0.120. The largest absolute Gasteiger partial charge is 0.493 e. The van der Waals surface area contributed by atoms with Crippen molar-refractivity contribution in [2.24, 2.45) is 0 Å². The van der Waals surface area contributed by atoms with E-state index in [0.29, 0.717) is 34.2 Å². The minimum absolute atomic E-state index is 0.168. The number of rotatable bonds is 7. The van der Waals surface area contributed by atoms with Crippen molar-refractivity contribution < 1.29 is 23.8 Å². The Hall–Kier alpha value is -4.26. The van der Waals surface area contributed by atoms with Gasteiger partial charge in [-0.15, -0.1) is 0 Å². The molecule has 7 heteroatoms. The van der Waals surface area contributed by atoms with Crippen molar-refractivity contribution in [2.75, 3.05) is 31.5 Å².